The first kappa shape index (κ1) is 16.4. The maximum absolute atomic E-state index is 12.4. The Hall–Kier alpha value is -2.47. The van der Waals surface area contributed by atoms with Crippen molar-refractivity contribution in [2.24, 2.45) is 0 Å². The van der Waals surface area contributed by atoms with E-state index >= 15 is 0 Å². The van der Waals surface area contributed by atoms with Crippen LogP contribution >= 0.6 is 0 Å². The van der Waals surface area contributed by atoms with Crippen molar-refractivity contribution in [1.82, 2.24) is 19.7 Å². The highest BCUT2D eigenvalue weighted by molar-refractivity contribution is 5.78. The van der Waals surface area contributed by atoms with Crippen LogP contribution in [0.2, 0.25) is 0 Å². The van der Waals surface area contributed by atoms with Crippen LogP contribution in [0, 0.1) is 13.8 Å². The lowest BCUT2D eigenvalue weighted by atomic mass is 9.96. The minimum atomic E-state index is -0.294. The van der Waals surface area contributed by atoms with Crippen molar-refractivity contribution >= 4 is 11.0 Å². The summed E-state index contributed by atoms with van der Waals surface area (Å²) in [6, 6.07) is 7.97. The molecule has 0 amide bonds. The number of rotatable bonds is 4. The highest BCUT2D eigenvalue weighted by Gasteiger charge is 2.23. The number of fused-ring (bicyclic) bond motifs is 1. The number of H-pyrrole nitrogens is 1. The van der Waals surface area contributed by atoms with Crippen LogP contribution in [-0.4, -0.2) is 31.5 Å². The summed E-state index contributed by atoms with van der Waals surface area (Å²) in [5, 5.41) is 14.1. The Morgan fingerprint density at radius 1 is 1.21 bits per heavy atom. The molecular weight excluding hydrogens is 304 g/mol. The van der Waals surface area contributed by atoms with E-state index in [9.17, 15) is 9.90 Å². The Labute approximate surface area is 140 Å². The van der Waals surface area contributed by atoms with Gasteiger partial charge in [0.05, 0.1) is 18.3 Å². The molecule has 0 spiro atoms. The average Bonchev–Trinajstić information content (AvgIpc) is 2.93. The van der Waals surface area contributed by atoms with E-state index in [-0.39, 0.29) is 24.1 Å². The molecule has 3 aromatic rings. The summed E-state index contributed by atoms with van der Waals surface area (Å²) in [6.07, 6.45) is 0. The first-order chi connectivity index (χ1) is 11.4. The fourth-order valence-electron chi connectivity index (χ4n) is 2.89. The third kappa shape index (κ3) is 2.73. The van der Waals surface area contributed by atoms with Crippen molar-refractivity contribution in [2.45, 2.75) is 39.7 Å². The monoisotopic (exact) mass is 326 g/mol. The van der Waals surface area contributed by atoms with Gasteiger partial charge in [0.25, 0.3) is 5.56 Å². The van der Waals surface area contributed by atoms with Gasteiger partial charge >= 0.3 is 0 Å². The molecule has 0 aliphatic carbocycles. The van der Waals surface area contributed by atoms with E-state index in [0.29, 0.717) is 16.9 Å². The number of aliphatic hydroxyl groups is 1. The second-order valence-corrected chi connectivity index (χ2v) is 6.34. The molecule has 0 aliphatic heterocycles. The number of aromatic amines is 1. The third-order valence-electron chi connectivity index (χ3n) is 4.37. The van der Waals surface area contributed by atoms with Gasteiger partial charge in [-0.05, 0) is 26.3 Å². The average molecular weight is 326 g/mol. The van der Waals surface area contributed by atoms with Gasteiger partial charge in [-0.1, -0.05) is 36.8 Å². The van der Waals surface area contributed by atoms with E-state index < -0.39 is 0 Å². The van der Waals surface area contributed by atoms with Gasteiger partial charge in [0.1, 0.15) is 11.3 Å². The molecule has 0 saturated heterocycles. The molecule has 2 atom stereocenters. The number of aryl methyl sites for hydroxylation is 2. The molecule has 24 heavy (non-hydrogen) atoms. The van der Waals surface area contributed by atoms with Crippen LogP contribution in [0.3, 0.4) is 0 Å². The van der Waals surface area contributed by atoms with E-state index in [1.807, 2.05) is 13.8 Å². The lowest BCUT2D eigenvalue weighted by Gasteiger charge is -2.11. The van der Waals surface area contributed by atoms with Crippen LogP contribution < -0.4 is 5.56 Å². The van der Waals surface area contributed by atoms with Gasteiger partial charge in [0.2, 0.25) is 0 Å². The Morgan fingerprint density at radius 2 is 1.88 bits per heavy atom. The summed E-state index contributed by atoms with van der Waals surface area (Å²) in [7, 11) is 0. The van der Waals surface area contributed by atoms with Gasteiger partial charge in [-0.3, -0.25) is 9.48 Å². The van der Waals surface area contributed by atoms with Gasteiger partial charge in [-0.25, -0.2) is 4.98 Å². The molecular formula is C18H22N4O2. The van der Waals surface area contributed by atoms with E-state index in [2.05, 4.69) is 46.3 Å². The van der Waals surface area contributed by atoms with E-state index in [1.54, 1.807) is 11.6 Å². The predicted molar refractivity (Wildman–Crippen MR) is 93.4 cm³/mol. The minimum absolute atomic E-state index is 0.00561. The standard InChI is InChI=1S/C18H22N4O2/c1-10-5-7-14(8-6-10)12(3)15-16-17(18(24)20-13(4)19-16)22(21-15)11(2)9-23/h5-8,11-12,23H,9H2,1-4H3,(H,19,20,24)/t11-,12-/m0/s1. The Morgan fingerprint density at radius 3 is 2.50 bits per heavy atom. The van der Waals surface area contributed by atoms with Gasteiger partial charge in [0, 0.05) is 5.92 Å². The first-order valence-corrected chi connectivity index (χ1v) is 8.08. The minimum Gasteiger partial charge on any atom is -0.394 e. The molecule has 126 valence electrons. The van der Waals surface area contributed by atoms with Crippen molar-refractivity contribution < 1.29 is 5.11 Å². The number of hydrogen-bond acceptors (Lipinski definition) is 4. The zero-order chi connectivity index (χ0) is 17.4. The van der Waals surface area contributed by atoms with Crippen molar-refractivity contribution in [3.63, 3.8) is 0 Å². The van der Waals surface area contributed by atoms with Gasteiger partial charge in [-0.2, -0.15) is 5.10 Å². The number of benzene rings is 1. The lowest BCUT2D eigenvalue weighted by Crippen LogP contribution is -2.18. The number of nitrogens with one attached hydrogen (secondary N) is 1. The summed E-state index contributed by atoms with van der Waals surface area (Å²) in [4.78, 5) is 19.7. The van der Waals surface area contributed by atoms with Gasteiger partial charge in [0.15, 0.2) is 5.52 Å². The summed E-state index contributed by atoms with van der Waals surface area (Å²) in [6.45, 7) is 7.59. The maximum Gasteiger partial charge on any atom is 0.277 e. The van der Waals surface area contributed by atoms with Crippen LogP contribution in [0.25, 0.3) is 11.0 Å². The molecule has 2 heterocycles. The molecule has 0 radical (unpaired) electrons. The summed E-state index contributed by atoms with van der Waals surface area (Å²) >= 11 is 0. The van der Waals surface area contributed by atoms with Crippen LogP contribution in [0.5, 0.6) is 0 Å². The molecule has 1 aromatic carbocycles. The fraction of sp³-hybridized carbons (Fsp3) is 0.389. The Bertz CT molecular complexity index is 925. The second kappa shape index (κ2) is 6.20. The quantitative estimate of drug-likeness (QED) is 0.771. The summed E-state index contributed by atoms with van der Waals surface area (Å²) in [5.74, 6) is 0.551. The van der Waals surface area contributed by atoms with Crippen molar-refractivity contribution in [1.29, 1.82) is 0 Å². The zero-order valence-electron chi connectivity index (χ0n) is 14.4. The first-order valence-electron chi connectivity index (χ1n) is 8.08. The number of aliphatic hydroxyl groups excluding tert-OH is 1. The van der Waals surface area contributed by atoms with Crippen LogP contribution in [-0.2, 0) is 0 Å². The molecule has 6 nitrogen and oxygen atoms in total. The molecule has 2 N–H and O–H groups in total. The molecule has 2 aromatic heterocycles. The van der Waals surface area contributed by atoms with Crippen LogP contribution in [0.15, 0.2) is 29.1 Å². The molecule has 0 unspecified atom stereocenters. The second-order valence-electron chi connectivity index (χ2n) is 6.34. The predicted octanol–water partition coefficient (Wildman–Crippen LogP) is 2.44. The van der Waals surface area contributed by atoms with Gasteiger partial charge in [-0.15, -0.1) is 0 Å². The van der Waals surface area contributed by atoms with E-state index in [0.717, 1.165) is 11.3 Å². The highest BCUT2D eigenvalue weighted by atomic mass is 16.3. The molecule has 0 aliphatic rings. The molecule has 6 heteroatoms. The number of nitrogens with zero attached hydrogens (tertiary/aromatic N) is 3. The SMILES string of the molecule is Cc1ccc([C@H](C)c2nn([C@@H](C)CO)c3c(=O)[nH]c(C)nc23)cc1. The Balaban J connectivity index is 2.24. The summed E-state index contributed by atoms with van der Waals surface area (Å²) < 4.78 is 1.58. The largest absolute Gasteiger partial charge is 0.394 e. The molecule has 3 rings (SSSR count). The topological polar surface area (TPSA) is 83.8 Å². The van der Waals surface area contributed by atoms with Crippen LogP contribution in [0.1, 0.15) is 48.5 Å². The lowest BCUT2D eigenvalue weighted by molar-refractivity contribution is 0.232. The third-order valence-corrected chi connectivity index (χ3v) is 4.37. The Kier molecular flexibility index (Phi) is 4.24. The van der Waals surface area contributed by atoms with Crippen molar-refractivity contribution in [3.8, 4) is 0 Å². The van der Waals surface area contributed by atoms with Gasteiger partial charge < -0.3 is 10.1 Å². The molecule has 0 bridgehead atoms. The number of hydrogen-bond donors (Lipinski definition) is 2. The number of aromatic nitrogens is 4. The molecule has 0 fully saturated rings. The fourth-order valence-corrected chi connectivity index (χ4v) is 2.89. The highest BCUT2D eigenvalue weighted by Crippen LogP contribution is 2.29. The van der Waals surface area contributed by atoms with Crippen molar-refractivity contribution in [2.75, 3.05) is 6.61 Å². The van der Waals surface area contributed by atoms with Crippen molar-refractivity contribution in [3.05, 3.63) is 57.3 Å². The maximum atomic E-state index is 12.4. The van der Waals surface area contributed by atoms with E-state index in [4.69, 9.17) is 0 Å². The zero-order valence-corrected chi connectivity index (χ0v) is 14.4. The molecule has 0 saturated carbocycles. The summed E-state index contributed by atoms with van der Waals surface area (Å²) in [5.41, 5.74) is 3.85. The normalized spacial score (nSPS) is 14.0. The van der Waals surface area contributed by atoms with E-state index in [1.165, 1.54) is 5.56 Å². The smallest absolute Gasteiger partial charge is 0.277 e. The van der Waals surface area contributed by atoms with Crippen LogP contribution in [0.4, 0.5) is 0 Å².